The van der Waals surface area contributed by atoms with Crippen LogP contribution in [0.15, 0.2) is 47.4 Å². The second-order valence-electron chi connectivity index (χ2n) is 9.00. The van der Waals surface area contributed by atoms with Gasteiger partial charge in [-0.25, -0.2) is 13.2 Å². The average Bonchev–Trinajstić information content (AvgIpc) is 3.22. The molecule has 1 aliphatic rings. The summed E-state index contributed by atoms with van der Waals surface area (Å²) in [5.41, 5.74) is 4.35. The summed E-state index contributed by atoms with van der Waals surface area (Å²) >= 11 is 1.37. The van der Waals surface area contributed by atoms with Gasteiger partial charge in [-0.3, -0.25) is 9.10 Å². The number of anilines is 2. The van der Waals surface area contributed by atoms with Crippen molar-refractivity contribution in [1.29, 1.82) is 0 Å². The Balaban J connectivity index is 1.71. The van der Waals surface area contributed by atoms with Gasteiger partial charge >= 0.3 is 5.97 Å². The van der Waals surface area contributed by atoms with Gasteiger partial charge in [0, 0.05) is 4.88 Å². The molecule has 7 nitrogen and oxygen atoms in total. The number of carbonyl (C=O) groups excluding carboxylic acids is 2. The molecular weight excluding hydrogens is 496 g/mol. The van der Waals surface area contributed by atoms with Crippen molar-refractivity contribution in [3.05, 3.63) is 75.2 Å². The van der Waals surface area contributed by atoms with E-state index in [4.69, 9.17) is 4.74 Å². The van der Waals surface area contributed by atoms with Crippen LogP contribution in [0, 0.1) is 20.8 Å². The number of esters is 1. The number of amides is 1. The predicted molar refractivity (Wildman–Crippen MR) is 143 cm³/mol. The third-order valence-corrected chi connectivity index (χ3v) is 9.54. The highest BCUT2D eigenvalue weighted by Gasteiger charge is 2.31. The fourth-order valence-electron chi connectivity index (χ4n) is 4.41. The largest absolute Gasteiger partial charge is 0.465 e. The first-order valence-electron chi connectivity index (χ1n) is 11.8. The van der Waals surface area contributed by atoms with Gasteiger partial charge in [0.2, 0.25) is 5.91 Å². The van der Waals surface area contributed by atoms with E-state index in [9.17, 15) is 18.0 Å². The number of hydrogen-bond acceptors (Lipinski definition) is 6. The van der Waals surface area contributed by atoms with Gasteiger partial charge in [-0.1, -0.05) is 29.8 Å². The van der Waals surface area contributed by atoms with E-state index in [2.05, 4.69) is 5.32 Å². The Labute approximate surface area is 216 Å². The average molecular weight is 527 g/mol. The van der Waals surface area contributed by atoms with Crippen molar-refractivity contribution in [2.24, 2.45) is 0 Å². The summed E-state index contributed by atoms with van der Waals surface area (Å²) < 4.78 is 33.6. The van der Waals surface area contributed by atoms with E-state index in [0.29, 0.717) is 16.3 Å². The molecule has 0 spiro atoms. The lowest BCUT2D eigenvalue weighted by molar-refractivity contribution is -0.114. The first-order chi connectivity index (χ1) is 17.1. The number of carbonyl (C=O) groups is 2. The van der Waals surface area contributed by atoms with E-state index in [-0.39, 0.29) is 4.90 Å². The first kappa shape index (κ1) is 25.9. The van der Waals surface area contributed by atoms with Gasteiger partial charge < -0.3 is 10.1 Å². The molecule has 0 atom stereocenters. The smallest absolute Gasteiger partial charge is 0.341 e. The van der Waals surface area contributed by atoms with E-state index in [1.54, 1.807) is 36.4 Å². The van der Waals surface area contributed by atoms with Crippen molar-refractivity contribution < 1.29 is 22.7 Å². The number of ether oxygens (including phenoxy) is 1. The normalized spacial score (nSPS) is 13.1. The van der Waals surface area contributed by atoms with Gasteiger partial charge in [0.1, 0.15) is 11.5 Å². The zero-order chi connectivity index (χ0) is 26.0. The highest BCUT2D eigenvalue weighted by atomic mass is 32.2. The van der Waals surface area contributed by atoms with Crippen LogP contribution in [-0.4, -0.2) is 33.9 Å². The quantitative estimate of drug-likeness (QED) is 0.429. The van der Waals surface area contributed by atoms with Crippen molar-refractivity contribution >= 4 is 43.9 Å². The Hall–Kier alpha value is -3.17. The maximum atomic E-state index is 13.8. The molecular formula is C27H30N2O5S2. The molecule has 1 aromatic heterocycles. The number of thiophene rings is 1. The third-order valence-electron chi connectivity index (χ3n) is 6.55. The number of benzene rings is 2. The molecule has 1 heterocycles. The zero-order valence-corrected chi connectivity index (χ0v) is 22.5. The van der Waals surface area contributed by atoms with Crippen LogP contribution < -0.4 is 9.62 Å². The van der Waals surface area contributed by atoms with Gasteiger partial charge in [-0.15, -0.1) is 11.3 Å². The fraction of sp³-hybridized carbons (Fsp3) is 0.333. The highest BCUT2D eigenvalue weighted by molar-refractivity contribution is 7.92. The summed E-state index contributed by atoms with van der Waals surface area (Å²) in [6, 6.07) is 11.9. The molecule has 0 radical (unpaired) electrons. The number of rotatable bonds is 7. The maximum absolute atomic E-state index is 13.8. The zero-order valence-electron chi connectivity index (χ0n) is 20.9. The fourth-order valence-corrected chi connectivity index (χ4v) is 7.18. The molecule has 190 valence electrons. The van der Waals surface area contributed by atoms with E-state index >= 15 is 0 Å². The summed E-state index contributed by atoms with van der Waals surface area (Å²) in [7, 11) is -2.73. The van der Waals surface area contributed by atoms with Crippen molar-refractivity contribution in [3.8, 4) is 0 Å². The van der Waals surface area contributed by atoms with Gasteiger partial charge in [0.05, 0.1) is 23.3 Å². The molecule has 36 heavy (non-hydrogen) atoms. The molecule has 0 aliphatic heterocycles. The summed E-state index contributed by atoms with van der Waals surface area (Å²) in [6.07, 6.45) is 3.59. The molecule has 0 unspecified atom stereocenters. The Kier molecular flexibility index (Phi) is 7.51. The van der Waals surface area contributed by atoms with Crippen LogP contribution in [0.4, 0.5) is 10.7 Å². The Bertz CT molecular complexity index is 1410. The summed E-state index contributed by atoms with van der Waals surface area (Å²) in [5, 5.41) is 3.23. The number of aryl methyl sites for hydroxylation is 3. The minimum atomic E-state index is -4.05. The van der Waals surface area contributed by atoms with Gasteiger partial charge in [0.15, 0.2) is 0 Å². The van der Waals surface area contributed by atoms with Crippen molar-refractivity contribution in [1.82, 2.24) is 0 Å². The lowest BCUT2D eigenvalue weighted by Crippen LogP contribution is -2.38. The van der Waals surface area contributed by atoms with E-state index in [1.807, 2.05) is 26.8 Å². The van der Waals surface area contributed by atoms with Gasteiger partial charge in [0.25, 0.3) is 10.0 Å². The second kappa shape index (κ2) is 10.4. The molecule has 4 rings (SSSR count). The van der Waals surface area contributed by atoms with Gasteiger partial charge in [-0.2, -0.15) is 0 Å². The van der Waals surface area contributed by atoms with Crippen molar-refractivity contribution in [2.75, 3.05) is 23.3 Å². The number of nitrogens with zero attached hydrogens (tertiary/aromatic N) is 1. The molecule has 0 bridgehead atoms. The number of methoxy groups -OCH3 is 1. The molecule has 1 N–H and O–H groups in total. The molecule has 3 aromatic rings. The Morgan fingerprint density at radius 1 is 1.03 bits per heavy atom. The maximum Gasteiger partial charge on any atom is 0.341 e. The van der Waals surface area contributed by atoms with E-state index in [1.165, 1.54) is 18.4 Å². The van der Waals surface area contributed by atoms with Crippen LogP contribution in [0.25, 0.3) is 0 Å². The number of nitrogens with one attached hydrogen (secondary N) is 1. The molecule has 0 fully saturated rings. The molecule has 0 saturated heterocycles. The molecule has 1 aliphatic carbocycles. The minimum Gasteiger partial charge on any atom is -0.465 e. The standard InChI is InChI=1S/C27H30N2O5S2/c1-17-12-14-20(15-13-17)36(32,33)29(22-10-7-8-18(2)19(22)3)16-24(30)28-26-25(27(31)34-4)21-9-5-6-11-23(21)35-26/h7-8,10,12-15H,5-6,9,11,16H2,1-4H3,(H,28,30). The van der Waals surface area contributed by atoms with Crippen LogP contribution >= 0.6 is 11.3 Å². The van der Waals surface area contributed by atoms with Crippen LogP contribution in [0.1, 0.15) is 50.3 Å². The number of hydrogen-bond donors (Lipinski definition) is 1. The summed E-state index contributed by atoms with van der Waals surface area (Å²) in [5.74, 6) is -1.03. The highest BCUT2D eigenvalue weighted by Crippen LogP contribution is 2.38. The molecule has 9 heteroatoms. The topological polar surface area (TPSA) is 92.8 Å². The molecule has 2 aromatic carbocycles. The van der Waals surface area contributed by atoms with Crippen LogP contribution in [-0.2, 0) is 32.4 Å². The molecule has 1 amide bonds. The number of sulfonamides is 1. The van der Waals surface area contributed by atoms with E-state index in [0.717, 1.165) is 57.1 Å². The SMILES string of the molecule is COC(=O)c1c(NC(=O)CN(c2cccc(C)c2C)S(=O)(=O)c2ccc(C)cc2)sc2c1CCCC2. The number of fused-ring (bicyclic) bond motifs is 1. The van der Waals surface area contributed by atoms with Gasteiger partial charge in [-0.05, 0) is 81.3 Å². The van der Waals surface area contributed by atoms with Crippen molar-refractivity contribution in [2.45, 2.75) is 51.3 Å². The minimum absolute atomic E-state index is 0.101. The predicted octanol–water partition coefficient (Wildman–Crippen LogP) is 5.17. The third kappa shape index (κ3) is 5.03. The lowest BCUT2D eigenvalue weighted by Gasteiger charge is -2.26. The van der Waals surface area contributed by atoms with E-state index < -0.39 is 28.4 Å². The van der Waals surface area contributed by atoms with Crippen LogP contribution in [0.2, 0.25) is 0 Å². The Morgan fingerprint density at radius 2 is 1.72 bits per heavy atom. The Morgan fingerprint density at radius 3 is 2.42 bits per heavy atom. The first-order valence-corrected chi connectivity index (χ1v) is 14.1. The lowest BCUT2D eigenvalue weighted by atomic mass is 9.95. The summed E-state index contributed by atoms with van der Waals surface area (Å²) in [4.78, 5) is 27.1. The van der Waals surface area contributed by atoms with Crippen molar-refractivity contribution in [3.63, 3.8) is 0 Å². The second-order valence-corrected chi connectivity index (χ2v) is 12.0. The molecule has 0 saturated carbocycles. The van der Waals surface area contributed by atoms with Crippen LogP contribution in [0.5, 0.6) is 0 Å². The monoisotopic (exact) mass is 526 g/mol. The van der Waals surface area contributed by atoms with Crippen LogP contribution in [0.3, 0.4) is 0 Å². The summed E-state index contributed by atoms with van der Waals surface area (Å²) in [6.45, 7) is 5.17.